The van der Waals surface area contributed by atoms with Crippen LogP contribution >= 0.6 is 0 Å². The van der Waals surface area contributed by atoms with Gasteiger partial charge in [-0.05, 0) is 57.0 Å². The van der Waals surface area contributed by atoms with Crippen molar-refractivity contribution in [1.29, 1.82) is 0 Å². The molecular formula is C14H21NO. The Morgan fingerprint density at radius 3 is 2.75 bits per heavy atom. The van der Waals surface area contributed by atoms with Gasteiger partial charge >= 0.3 is 0 Å². The van der Waals surface area contributed by atoms with E-state index >= 15 is 0 Å². The summed E-state index contributed by atoms with van der Waals surface area (Å²) >= 11 is 0. The van der Waals surface area contributed by atoms with Gasteiger partial charge in [0.05, 0.1) is 0 Å². The van der Waals surface area contributed by atoms with Gasteiger partial charge in [0, 0.05) is 0 Å². The second kappa shape index (κ2) is 4.88. The van der Waals surface area contributed by atoms with Crippen LogP contribution in [-0.4, -0.2) is 18.7 Å². The van der Waals surface area contributed by atoms with Gasteiger partial charge in [-0.3, -0.25) is 0 Å². The number of aryl methyl sites for hydroxylation is 1. The minimum Gasteiger partial charge on any atom is -0.487 e. The van der Waals surface area contributed by atoms with E-state index in [0.717, 1.165) is 38.1 Å². The molecule has 0 aromatic heterocycles. The zero-order valence-corrected chi connectivity index (χ0v) is 10.3. The van der Waals surface area contributed by atoms with Crippen LogP contribution in [0.4, 0.5) is 0 Å². The molecule has 1 saturated heterocycles. The summed E-state index contributed by atoms with van der Waals surface area (Å²) in [4.78, 5) is 0. The molecule has 1 fully saturated rings. The van der Waals surface area contributed by atoms with Gasteiger partial charge in [-0.25, -0.2) is 0 Å². The lowest BCUT2D eigenvalue weighted by Gasteiger charge is -2.34. The normalized spacial score (nSPS) is 19.4. The van der Waals surface area contributed by atoms with Crippen molar-refractivity contribution in [3.05, 3.63) is 29.8 Å². The van der Waals surface area contributed by atoms with E-state index in [-0.39, 0.29) is 5.60 Å². The molecular weight excluding hydrogens is 198 g/mol. The van der Waals surface area contributed by atoms with Gasteiger partial charge in [-0.1, -0.05) is 19.1 Å². The Morgan fingerprint density at radius 1 is 1.31 bits per heavy atom. The molecule has 2 nitrogen and oxygen atoms in total. The minimum atomic E-state index is 0.0115. The van der Waals surface area contributed by atoms with Crippen LogP contribution in [0, 0.1) is 0 Å². The molecule has 0 atom stereocenters. The largest absolute Gasteiger partial charge is 0.487 e. The van der Waals surface area contributed by atoms with Crippen LogP contribution in [-0.2, 0) is 6.42 Å². The van der Waals surface area contributed by atoms with E-state index in [0.29, 0.717) is 0 Å². The Labute approximate surface area is 98.0 Å². The van der Waals surface area contributed by atoms with Gasteiger partial charge in [0.25, 0.3) is 0 Å². The molecule has 1 N–H and O–H groups in total. The molecule has 0 unspecified atom stereocenters. The summed E-state index contributed by atoms with van der Waals surface area (Å²) in [5.41, 5.74) is 1.35. The highest BCUT2D eigenvalue weighted by Crippen LogP contribution is 2.26. The molecule has 16 heavy (non-hydrogen) atoms. The number of rotatable bonds is 3. The summed E-state index contributed by atoms with van der Waals surface area (Å²) in [6.07, 6.45) is 3.24. The van der Waals surface area contributed by atoms with E-state index < -0.39 is 0 Å². The maximum absolute atomic E-state index is 6.15. The van der Waals surface area contributed by atoms with Gasteiger partial charge < -0.3 is 10.1 Å². The highest BCUT2D eigenvalue weighted by atomic mass is 16.5. The highest BCUT2D eigenvalue weighted by molar-refractivity contribution is 5.29. The van der Waals surface area contributed by atoms with Crippen molar-refractivity contribution in [3.8, 4) is 5.75 Å². The summed E-state index contributed by atoms with van der Waals surface area (Å²) in [5.74, 6) is 1.02. The standard InChI is InChI=1S/C14H21NO/c1-3-12-5-4-6-13(11-12)16-14(2)7-9-15-10-8-14/h4-6,11,15H,3,7-10H2,1-2H3. The van der Waals surface area contributed by atoms with Crippen molar-refractivity contribution in [1.82, 2.24) is 5.32 Å². The number of piperidine rings is 1. The summed E-state index contributed by atoms with van der Waals surface area (Å²) in [5, 5.41) is 3.37. The number of benzene rings is 1. The van der Waals surface area contributed by atoms with Crippen molar-refractivity contribution in [2.75, 3.05) is 13.1 Å². The Hall–Kier alpha value is -1.02. The monoisotopic (exact) mass is 219 g/mol. The molecule has 88 valence electrons. The Morgan fingerprint density at radius 2 is 2.06 bits per heavy atom. The summed E-state index contributed by atoms with van der Waals surface area (Å²) in [6, 6.07) is 8.45. The maximum atomic E-state index is 6.15. The molecule has 1 aliphatic heterocycles. The van der Waals surface area contributed by atoms with Gasteiger partial charge in [0.1, 0.15) is 11.4 Å². The van der Waals surface area contributed by atoms with E-state index in [1.807, 2.05) is 0 Å². The first-order chi connectivity index (χ1) is 7.72. The van der Waals surface area contributed by atoms with Crippen molar-refractivity contribution < 1.29 is 4.74 Å². The quantitative estimate of drug-likeness (QED) is 0.844. The molecule has 2 heteroatoms. The van der Waals surface area contributed by atoms with E-state index in [1.165, 1.54) is 5.56 Å². The molecule has 2 rings (SSSR count). The Kier molecular flexibility index (Phi) is 3.49. The molecule has 1 heterocycles. The molecule has 0 saturated carbocycles. The van der Waals surface area contributed by atoms with E-state index in [4.69, 9.17) is 4.74 Å². The smallest absolute Gasteiger partial charge is 0.120 e. The van der Waals surface area contributed by atoms with Crippen LogP contribution in [0.3, 0.4) is 0 Å². The predicted octanol–water partition coefficient (Wildman–Crippen LogP) is 2.77. The van der Waals surface area contributed by atoms with E-state index in [1.54, 1.807) is 0 Å². The zero-order chi connectivity index (χ0) is 11.4. The number of nitrogens with one attached hydrogen (secondary N) is 1. The Bertz CT molecular complexity index is 342. The van der Waals surface area contributed by atoms with Crippen LogP contribution in [0.25, 0.3) is 0 Å². The lowest BCUT2D eigenvalue weighted by Crippen LogP contribution is -2.43. The van der Waals surface area contributed by atoms with Crippen LogP contribution < -0.4 is 10.1 Å². The summed E-state index contributed by atoms with van der Waals surface area (Å²) < 4.78 is 6.15. The third kappa shape index (κ3) is 2.76. The van der Waals surface area contributed by atoms with Gasteiger partial charge in [-0.15, -0.1) is 0 Å². The first-order valence-electron chi connectivity index (χ1n) is 6.20. The topological polar surface area (TPSA) is 21.3 Å². The second-order valence-electron chi connectivity index (χ2n) is 4.80. The van der Waals surface area contributed by atoms with Crippen LogP contribution in [0.15, 0.2) is 24.3 Å². The first kappa shape index (κ1) is 11.5. The molecule has 0 radical (unpaired) electrons. The van der Waals surface area contributed by atoms with Crippen LogP contribution in [0.5, 0.6) is 5.75 Å². The minimum absolute atomic E-state index is 0.0115. The van der Waals surface area contributed by atoms with Crippen molar-refractivity contribution in [2.45, 2.75) is 38.7 Å². The third-order valence-corrected chi connectivity index (χ3v) is 3.33. The van der Waals surface area contributed by atoms with Gasteiger partial charge in [0.2, 0.25) is 0 Å². The molecule has 1 aromatic rings. The predicted molar refractivity (Wildman–Crippen MR) is 67.0 cm³/mol. The molecule has 0 amide bonds. The van der Waals surface area contributed by atoms with Crippen molar-refractivity contribution in [2.24, 2.45) is 0 Å². The number of hydrogen-bond acceptors (Lipinski definition) is 2. The molecule has 1 aromatic carbocycles. The SMILES string of the molecule is CCc1cccc(OC2(C)CCNCC2)c1. The average Bonchev–Trinajstić information content (AvgIpc) is 2.29. The average molecular weight is 219 g/mol. The van der Waals surface area contributed by atoms with E-state index in [2.05, 4.69) is 43.4 Å². The number of hydrogen-bond donors (Lipinski definition) is 1. The Balaban J connectivity index is 2.07. The molecule has 0 spiro atoms. The van der Waals surface area contributed by atoms with Crippen LogP contribution in [0.1, 0.15) is 32.3 Å². The molecule has 1 aliphatic rings. The zero-order valence-electron chi connectivity index (χ0n) is 10.3. The van der Waals surface area contributed by atoms with Crippen molar-refractivity contribution in [3.63, 3.8) is 0 Å². The van der Waals surface area contributed by atoms with Gasteiger partial charge in [0.15, 0.2) is 0 Å². The lowest BCUT2D eigenvalue weighted by atomic mass is 9.94. The number of ether oxygens (including phenoxy) is 1. The summed E-state index contributed by atoms with van der Waals surface area (Å²) in [6.45, 7) is 6.51. The fraction of sp³-hybridized carbons (Fsp3) is 0.571. The molecule has 0 aliphatic carbocycles. The third-order valence-electron chi connectivity index (χ3n) is 3.33. The van der Waals surface area contributed by atoms with Gasteiger partial charge in [-0.2, -0.15) is 0 Å². The van der Waals surface area contributed by atoms with E-state index in [9.17, 15) is 0 Å². The summed E-state index contributed by atoms with van der Waals surface area (Å²) in [7, 11) is 0. The first-order valence-corrected chi connectivity index (χ1v) is 6.20. The van der Waals surface area contributed by atoms with Crippen molar-refractivity contribution >= 4 is 0 Å². The second-order valence-corrected chi connectivity index (χ2v) is 4.80. The lowest BCUT2D eigenvalue weighted by molar-refractivity contribution is 0.0555. The fourth-order valence-electron chi connectivity index (χ4n) is 2.17. The fourth-order valence-corrected chi connectivity index (χ4v) is 2.17. The maximum Gasteiger partial charge on any atom is 0.120 e. The highest BCUT2D eigenvalue weighted by Gasteiger charge is 2.28. The van der Waals surface area contributed by atoms with Crippen LogP contribution in [0.2, 0.25) is 0 Å². The molecule has 0 bridgehead atoms.